The van der Waals surface area contributed by atoms with E-state index >= 15 is 0 Å². The maximum Gasteiger partial charge on any atom is 0.319 e. The fourth-order valence-electron chi connectivity index (χ4n) is 3.70. The van der Waals surface area contributed by atoms with Crippen molar-refractivity contribution in [3.8, 4) is 0 Å². The lowest BCUT2D eigenvalue weighted by Crippen LogP contribution is -2.48. The largest absolute Gasteiger partial charge is 0.370 e. The highest BCUT2D eigenvalue weighted by Gasteiger charge is 2.20. The number of nitrogens with two attached hydrogens (primary N) is 3. The van der Waals surface area contributed by atoms with E-state index in [0.29, 0.717) is 31.6 Å². The van der Waals surface area contributed by atoms with Crippen LogP contribution in [0.3, 0.4) is 0 Å². The molecule has 3 rings (SSSR count). The molecule has 0 saturated carbocycles. The first-order valence-corrected chi connectivity index (χ1v) is 11.8. The molecule has 0 saturated heterocycles. The van der Waals surface area contributed by atoms with Gasteiger partial charge in [0.05, 0.1) is 5.69 Å². The van der Waals surface area contributed by atoms with E-state index in [1.807, 2.05) is 60.7 Å². The summed E-state index contributed by atoms with van der Waals surface area (Å²) in [5.41, 5.74) is 18.2. The number of carbonyl (C=O) groups excluding carboxylic acids is 3. The second-order valence-corrected chi connectivity index (χ2v) is 8.38. The number of benzene rings is 3. The van der Waals surface area contributed by atoms with Gasteiger partial charge >= 0.3 is 12.1 Å². The Labute approximate surface area is 214 Å². The molecule has 11 heteroatoms. The van der Waals surface area contributed by atoms with E-state index in [1.165, 1.54) is 0 Å². The van der Waals surface area contributed by atoms with Gasteiger partial charge in [0.2, 0.25) is 5.91 Å². The van der Waals surface area contributed by atoms with Crippen molar-refractivity contribution in [1.29, 1.82) is 0 Å². The van der Waals surface area contributed by atoms with Crippen LogP contribution in [-0.4, -0.2) is 36.5 Å². The Hall–Kier alpha value is -4.80. The Morgan fingerprint density at radius 2 is 1.46 bits per heavy atom. The molecule has 5 amide bonds. The molecule has 3 aromatic rings. The van der Waals surface area contributed by atoms with Gasteiger partial charge in [-0.1, -0.05) is 60.7 Å². The Morgan fingerprint density at radius 3 is 2.14 bits per heavy atom. The Bertz CT molecular complexity index is 1250. The Kier molecular flexibility index (Phi) is 9.66. The average molecular weight is 505 g/mol. The number of rotatable bonds is 11. The third kappa shape index (κ3) is 8.73. The van der Waals surface area contributed by atoms with Crippen LogP contribution in [0.5, 0.6) is 0 Å². The average Bonchev–Trinajstić information content (AvgIpc) is 2.88. The van der Waals surface area contributed by atoms with Crippen molar-refractivity contribution in [2.45, 2.75) is 32.0 Å². The van der Waals surface area contributed by atoms with Crippen LogP contribution in [-0.2, 0) is 17.9 Å². The van der Waals surface area contributed by atoms with Crippen LogP contribution < -0.4 is 38.5 Å². The van der Waals surface area contributed by atoms with Gasteiger partial charge in [0.1, 0.15) is 6.04 Å². The van der Waals surface area contributed by atoms with Crippen LogP contribution in [0.1, 0.15) is 24.0 Å². The molecular formula is C26H32N8O3. The first-order chi connectivity index (χ1) is 17.8. The molecule has 10 N–H and O–H groups in total. The minimum atomic E-state index is -0.803. The fourth-order valence-corrected chi connectivity index (χ4v) is 3.70. The van der Waals surface area contributed by atoms with Crippen molar-refractivity contribution in [2.24, 2.45) is 22.2 Å². The third-order valence-electron chi connectivity index (χ3n) is 5.56. The fraction of sp³-hybridized carbons (Fsp3) is 0.231. The van der Waals surface area contributed by atoms with Crippen LogP contribution in [0, 0.1) is 0 Å². The van der Waals surface area contributed by atoms with Crippen molar-refractivity contribution in [2.75, 3.05) is 11.9 Å². The van der Waals surface area contributed by atoms with Crippen LogP contribution >= 0.6 is 0 Å². The highest BCUT2D eigenvalue weighted by atomic mass is 16.2. The Balaban J connectivity index is 1.62. The monoisotopic (exact) mass is 504 g/mol. The van der Waals surface area contributed by atoms with Crippen molar-refractivity contribution in [1.82, 2.24) is 16.0 Å². The number of hydrogen-bond acceptors (Lipinski definition) is 4. The van der Waals surface area contributed by atoms with E-state index in [2.05, 4.69) is 26.3 Å². The first-order valence-electron chi connectivity index (χ1n) is 11.8. The van der Waals surface area contributed by atoms with E-state index in [0.717, 1.165) is 21.9 Å². The SMILES string of the molecule is NC(=O)NCc1ccc(CNC(=O)[C@@H](CCCN=C(N)N)NC(=O)Nc2cccc3ccccc23)cc1. The molecule has 0 aliphatic rings. The highest BCUT2D eigenvalue weighted by Crippen LogP contribution is 2.22. The zero-order valence-electron chi connectivity index (χ0n) is 20.4. The van der Waals surface area contributed by atoms with Crippen LogP contribution in [0.15, 0.2) is 71.7 Å². The lowest BCUT2D eigenvalue weighted by Gasteiger charge is -2.19. The zero-order chi connectivity index (χ0) is 26.6. The number of carbonyl (C=O) groups is 3. The topological polar surface area (TPSA) is 190 Å². The molecule has 37 heavy (non-hydrogen) atoms. The van der Waals surface area contributed by atoms with Gasteiger partial charge in [-0.25, -0.2) is 9.59 Å². The molecule has 0 fully saturated rings. The molecule has 0 aliphatic carbocycles. The summed E-state index contributed by atoms with van der Waals surface area (Å²) in [5.74, 6) is -0.366. The second-order valence-electron chi connectivity index (χ2n) is 8.38. The molecule has 0 aliphatic heterocycles. The second kappa shape index (κ2) is 13.3. The van der Waals surface area contributed by atoms with E-state index < -0.39 is 18.1 Å². The number of primary amides is 1. The summed E-state index contributed by atoms with van der Waals surface area (Å²) in [6, 6.07) is 18.8. The summed E-state index contributed by atoms with van der Waals surface area (Å²) in [7, 11) is 0. The number of hydrogen-bond donors (Lipinski definition) is 7. The van der Waals surface area contributed by atoms with Crippen LogP contribution in [0.4, 0.5) is 15.3 Å². The number of anilines is 1. The quantitative estimate of drug-likeness (QED) is 0.119. The molecule has 194 valence electrons. The molecular weight excluding hydrogens is 472 g/mol. The lowest BCUT2D eigenvalue weighted by atomic mass is 10.1. The van der Waals surface area contributed by atoms with Crippen molar-refractivity contribution in [3.05, 3.63) is 77.9 Å². The van der Waals surface area contributed by atoms with Crippen molar-refractivity contribution < 1.29 is 14.4 Å². The van der Waals surface area contributed by atoms with E-state index in [9.17, 15) is 14.4 Å². The highest BCUT2D eigenvalue weighted by molar-refractivity contribution is 6.02. The van der Waals surface area contributed by atoms with E-state index in [4.69, 9.17) is 17.2 Å². The van der Waals surface area contributed by atoms with Crippen LogP contribution in [0.25, 0.3) is 10.8 Å². The number of amides is 5. The van der Waals surface area contributed by atoms with E-state index in [1.54, 1.807) is 6.07 Å². The molecule has 0 radical (unpaired) electrons. The summed E-state index contributed by atoms with van der Waals surface area (Å²) >= 11 is 0. The molecule has 0 bridgehead atoms. The van der Waals surface area contributed by atoms with Gasteiger partial charge in [-0.05, 0) is 35.4 Å². The zero-order valence-corrected chi connectivity index (χ0v) is 20.4. The minimum absolute atomic E-state index is 0.0304. The standard InChI is InChI=1S/C26H32N8O3/c27-24(28)30-14-4-9-22(23(35)31-15-17-10-12-18(13-11-17)16-32-25(29)36)34-26(37)33-21-8-3-6-19-5-1-2-7-20(19)21/h1-3,5-8,10-13,22H,4,9,14-16H2,(H,31,35)(H4,27,28,30)(H3,29,32,36)(H2,33,34,37)/t22-/m1/s1. The van der Waals surface area contributed by atoms with Crippen molar-refractivity contribution >= 4 is 40.4 Å². The minimum Gasteiger partial charge on any atom is -0.370 e. The predicted molar refractivity (Wildman–Crippen MR) is 145 cm³/mol. The molecule has 1 atom stereocenters. The number of guanidine groups is 1. The van der Waals surface area contributed by atoms with Gasteiger partial charge < -0.3 is 38.5 Å². The summed E-state index contributed by atoms with van der Waals surface area (Å²) in [6.07, 6.45) is 0.829. The summed E-state index contributed by atoms with van der Waals surface area (Å²) in [4.78, 5) is 40.6. The molecule has 0 heterocycles. The molecule has 11 nitrogen and oxygen atoms in total. The van der Waals surface area contributed by atoms with Crippen molar-refractivity contribution in [3.63, 3.8) is 0 Å². The molecule has 0 unspecified atom stereocenters. The first kappa shape index (κ1) is 26.8. The molecule has 0 aromatic heterocycles. The number of nitrogens with zero attached hydrogens (tertiary/aromatic N) is 1. The van der Waals surface area contributed by atoms with Gasteiger partial charge in [-0.3, -0.25) is 9.79 Å². The summed E-state index contributed by atoms with van der Waals surface area (Å²) in [5, 5.41) is 12.9. The number of aliphatic imine (C=N–C) groups is 1. The maximum absolute atomic E-state index is 13.0. The lowest BCUT2D eigenvalue weighted by molar-refractivity contribution is -0.123. The van der Waals surface area contributed by atoms with Gasteiger partial charge in [0.15, 0.2) is 5.96 Å². The molecule has 0 spiro atoms. The van der Waals surface area contributed by atoms with Crippen LogP contribution in [0.2, 0.25) is 0 Å². The van der Waals surface area contributed by atoms with E-state index in [-0.39, 0.29) is 18.4 Å². The number of fused-ring (bicyclic) bond motifs is 1. The van der Waals surface area contributed by atoms with Gasteiger partial charge in [0, 0.05) is 25.0 Å². The van der Waals surface area contributed by atoms with Gasteiger partial charge in [-0.15, -0.1) is 0 Å². The summed E-state index contributed by atoms with van der Waals surface area (Å²) < 4.78 is 0. The molecule has 3 aromatic carbocycles. The smallest absolute Gasteiger partial charge is 0.319 e. The van der Waals surface area contributed by atoms with Gasteiger partial charge in [-0.2, -0.15) is 0 Å². The number of nitrogens with one attached hydrogen (secondary N) is 4. The maximum atomic E-state index is 13.0. The Morgan fingerprint density at radius 1 is 0.811 bits per heavy atom. The number of urea groups is 2. The summed E-state index contributed by atoms with van der Waals surface area (Å²) in [6.45, 7) is 0.911. The third-order valence-corrected chi connectivity index (χ3v) is 5.56. The predicted octanol–water partition coefficient (Wildman–Crippen LogP) is 1.87. The van der Waals surface area contributed by atoms with Gasteiger partial charge in [0.25, 0.3) is 0 Å². The normalized spacial score (nSPS) is 11.2.